The Labute approximate surface area is 94.3 Å². The molecule has 1 saturated carbocycles. The van der Waals surface area contributed by atoms with E-state index in [9.17, 15) is 0 Å². The number of piperidine rings is 1. The molecule has 2 aliphatic rings. The average molecular weight is 305 g/mol. The fraction of sp³-hybridized carbons (Fsp3) is 0.778. The number of rotatable bonds is 2. The Balaban J connectivity index is 1.70. The predicted molar refractivity (Wildman–Crippen MR) is 48.2 cm³/mol. The van der Waals surface area contributed by atoms with Crippen molar-refractivity contribution < 1.29 is 21.5 Å². The number of alkyl halides is 1. The molecule has 2 heterocycles. The second-order valence-electron chi connectivity index (χ2n) is 4.17. The summed E-state index contributed by atoms with van der Waals surface area (Å²) in [5.74, 6) is 2.52. The zero-order valence-corrected chi connectivity index (χ0v) is 10.5. The summed E-state index contributed by atoms with van der Waals surface area (Å²) in [4.78, 5) is 2.35. The molecule has 1 aromatic rings. The minimum atomic E-state index is 0.315. The van der Waals surface area contributed by atoms with E-state index in [4.69, 9.17) is 0 Å². The summed E-state index contributed by atoms with van der Waals surface area (Å²) in [5.41, 5.74) is 1.22. The third kappa shape index (κ3) is 1.29. The van der Waals surface area contributed by atoms with E-state index in [0.717, 1.165) is 17.8 Å². The molecule has 1 aromatic heterocycles. The maximum absolute atomic E-state index is 4.21. The summed E-state index contributed by atoms with van der Waals surface area (Å²) >= 11 is 0.315. The van der Waals surface area contributed by atoms with Gasteiger partial charge in [-0.15, -0.1) is 0 Å². The molecule has 78 valence electrons. The van der Waals surface area contributed by atoms with E-state index in [2.05, 4.69) is 24.6 Å². The van der Waals surface area contributed by atoms with Crippen LogP contribution in [0.4, 0.5) is 0 Å². The SMILES string of the molecule is C[I-]N1CC2C(C1)C2c1cn(C)nn1. The molecule has 2 atom stereocenters. The van der Waals surface area contributed by atoms with Gasteiger partial charge >= 0.3 is 94.3 Å². The first-order chi connectivity index (χ1) is 6.79. The zero-order chi connectivity index (χ0) is 9.71. The van der Waals surface area contributed by atoms with E-state index < -0.39 is 0 Å². The molecule has 0 N–H and O–H groups in total. The van der Waals surface area contributed by atoms with E-state index in [1.165, 1.54) is 18.8 Å². The molecule has 2 fully saturated rings. The van der Waals surface area contributed by atoms with Crippen LogP contribution >= 0.6 is 0 Å². The van der Waals surface area contributed by atoms with Crippen LogP contribution in [0.15, 0.2) is 6.20 Å². The fourth-order valence-electron chi connectivity index (χ4n) is 2.57. The Morgan fingerprint density at radius 1 is 1.43 bits per heavy atom. The summed E-state index contributed by atoms with van der Waals surface area (Å²) in [6, 6.07) is 0. The molecule has 1 aliphatic heterocycles. The zero-order valence-electron chi connectivity index (χ0n) is 8.39. The number of fused-ring (bicyclic) bond motifs is 1. The standard InChI is InChI=1S/C9H14IN4/c1-10-14-3-6-7(4-14)9(6)8-5-13(2)12-11-8/h5-7,9H,3-4H2,1-2H3/q-1. The Morgan fingerprint density at radius 3 is 2.64 bits per heavy atom. The molecule has 0 radical (unpaired) electrons. The molecular formula is C9H14IN4-. The van der Waals surface area contributed by atoms with Crippen molar-refractivity contribution in [1.29, 1.82) is 0 Å². The Kier molecular flexibility index (Phi) is 2.05. The van der Waals surface area contributed by atoms with Gasteiger partial charge in [0.15, 0.2) is 0 Å². The number of hydrogen-bond donors (Lipinski definition) is 0. The number of nitrogens with zero attached hydrogens (tertiary/aromatic N) is 4. The Morgan fingerprint density at radius 2 is 2.14 bits per heavy atom. The minimum absolute atomic E-state index is 0.315. The van der Waals surface area contributed by atoms with Gasteiger partial charge in [-0.25, -0.2) is 0 Å². The monoisotopic (exact) mass is 305 g/mol. The molecule has 3 rings (SSSR count). The third-order valence-electron chi connectivity index (χ3n) is 3.35. The average Bonchev–Trinajstić information content (AvgIpc) is 2.60. The van der Waals surface area contributed by atoms with Crippen molar-refractivity contribution in [1.82, 2.24) is 18.1 Å². The van der Waals surface area contributed by atoms with Gasteiger partial charge in [0.2, 0.25) is 0 Å². The quantitative estimate of drug-likeness (QED) is 0.334. The summed E-state index contributed by atoms with van der Waals surface area (Å²) in [7, 11) is 1.94. The molecule has 4 nitrogen and oxygen atoms in total. The van der Waals surface area contributed by atoms with Crippen molar-refractivity contribution in [3.8, 4) is 0 Å². The molecular weight excluding hydrogens is 291 g/mol. The number of aromatic nitrogens is 3. The second kappa shape index (κ2) is 3.16. The summed E-state index contributed by atoms with van der Waals surface area (Å²) in [6.45, 7) is 2.63. The van der Waals surface area contributed by atoms with E-state index in [0.29, 0.717) is 21.5 Å². The summed E-state index contributed by atoms with van der Waals surface area (Å²) in [6.07, 6.45) is 2.08. The molecule has 14 heavy (non-hydrogen) atoms. The van der Waals surface area contributed by atoms with Gasteiger partial charge in [-0.1, -0.05) is 0 Å². The topological polar surface area (TPSA) is 34.0 Å². The van der Waals surface area contributed by atoms with Gasteiger partial charge in [0.25, 0.3) is 0 Å². The van der Waals surface area contributed by atoms with Gasteiger partial charge in [-0.2, -0.15) is 0 Å². The summed E-state index contributed by atoms with van der Waals surface area (Å²) in [5, 5.41) is 8.22. The third-order valence-corrected chi connectivity index (χ3v) is 5.50. The van der Waals surface area contributed by atoms with Gasteiger partial charge in [0.05, 0.1) is 0 Å². The summed E-state index contributed by atoms with van der Waals surface area (Å²) < 4.78 is 4.45. The number of halogens is 1. The van der Waals surface area contributed by atoms with Crippen molar-refractivity contribution in [2.24, 2.45) is 18.9 Å². The van der Waals surface area contributed by atoms with E-state index >= 15 is 0 Å². The van der Waals surface area contributed by atoms with Crippen molar-refractivity contribution in [2.45, 2.75) is 5.92 Å². The van der Waals surface area contributed by atoms with Crippen LogP contribution < -0.4 is 21.5 Å². The first-order valence-electron chi connectivity index (χ1n) is 4.90. The van der Waals surface area contributed by atoms with Crippen LogP contribution in [-0.2, 0) is 7.05 Å². The van der Waals surface area contributed by atoms with Gasteiger partial charge in [-0.3, -0.25) is 0 Å². The van der Waals surface area contributed by atoms with Crippen LogP contribution in [-0.4, -0.2) is 36.1 Å². The molecule has 1 saturated heterocycles. The van der Waals surface area contributed by atoms with Crippen molar-refractivity contribution in [3.63, 3.8) is 0 Å². The van der Waals surface area contributed by atoms with Crippen molar-refractivity contribution in [2.75, 3.05) is 18.0 Å². The Bertz CT molecular complexity index is 338. The first-order valence-corrected chi connectivity index (χ1v) is 8.02. The fourth-order valence-corrected chi connectivity index (χ4v) is 4.27. The molecule has 5 heteroatoms. The van der Waals surface area contributed by atoms with Crippen molar-refractivity contribution in [3.05, 3.63) is 11.9 Å². The van der Waals surface area contributed by atoms with Gasteiger partial charge in [0, 0.05) is 0 Å². The van der Waals surface area contributed by atoms with E-state index in [1.54, 1.807) is 0 Å². The van der Waals surface area contributed by atoms with Gasteiger partial charge in [0.1, 0.15) is 0 Å². The van der Waals surface area contributed by atoms with Crippen LogP contribution in [0.2, 0.25) is 0 Å². The molecule has 0 aromatic carbocycles. The Hall–Kier alpha value is -0.170. The molecule has 2 unspecified atom stereocenters. The second-order valence-corrected chi connectivity index (χ2v) is 6.50. The predicted octanol–water partition coefficient (Wildman–Crippen LogP) is -2.91. The number of aryl methyl sites for hydroxylation is 1. The normalized spacial score (nSPS) is 36.3. The van der Waals surface area contributed by atoms with Crippen LogP contribution in [0.3, 0.4) is 0 Å². The molecule has 0 bridgehead atoms. The van der Waals surface area contributed by atoms with Crippen LogP contribution in [0.1, 0.15) is 11.6 Å². The van der Waals surface area contributed by atoms with Crippen LogP contribution in [0, 0.1) is 11.8 Å². The van der Waals surface area contributed by atoms with E-state index in [-0.39, 0.29) is 0 Å². The van der Waals surface area contributed by atoms with Crippen molar-refractivity contribution >= 4 is 0 Å². The van der Waals surface area contributed by atoms with Gasteiger partial charge < -0.3 is 0 Å². The number of hydrogen-bond acceptors (Lipinski definition) is 3. The van der Waals surface area contributed by atoms with Gasteiger partial charge in [-0.05, 0) is 0 Å². The molecule has 1 aliphatic carbocycles. The molecule has 0 spiro atoms. The van der Waals surface area contributed by atoms with E-state index in [1.807, 2.05) is 11.7 Å². The van der Waals surface area contributed by atoms with Crippen LogP contribution in [0.25, 0.3) is 0 Å². The first kappa shape index (κ1) is 9.08. The maximum atomic E-state index is 4.21. The molecule has 0 amide bonds. The van der Waals surface area contributed by atoms with Crippen LogP contribution in [0.5, 0.6) is 0 Å².